The molecule has 0 radical (unpaired) electrons. The average molecular weight is 271 g/mol. The summed E-state index contributed by atoms with van der Waals surface area (Å²) in [4.78, 5) is 4.83. The lowest BCUT2D eigenvalue weighted by Crippen LogP contribution is -2.34. The van der Waals surface area contributed by atoms with Crippen LogP contribution in [-0.2, 0) is 0 Å². The van der Waals surface area contributed by atoms with Gasteiger partial charge in [-0.15, -0.1) is 0 Å². The van der Waals surface area contributed by atoms with Gasteiger partial charge < -0.3 is 10.3 Å². The van der Waals surface area contributed by atoms with Crippen LogP contribution >= 0.6 is 11.8 Å². The van der Waals surface area contributed by atoms with Crippen molar-refractivity contribution in [2.24, 2.45) is 5.84 Å². The highest BCUT2D eigenvalue weighted by Gasteiger charge is 2.29. The van der Waals surface area contributed by atoms with Gasteiger partial charge >= 0.3 is 0 Å². The molecular weight excluding hydrogens is 254 g/mol. The Labute approximate surface area is 117 Å². The molecule has 1 aromatic carbocycles. The molecular formula is C15H17N3S. The van der Waals surface area contributed by atoms with Crippen LogP contribution in [0.2, 0.25) is 0 Å². The van der Waals surface area contributed by atoms with E-state index in [0.717, 1.165) is 24.2 Å². The van der Waals surface area contributed by atoms with Crippen molar-refractivity contribution in [3.8, 4) is 0 Å². The van der Waals surface area contributed by atoms with Gasteiger partial charge in [0.05, 0.1) is 17.1 Å². The topological polar surface area (TPSA) is 41.3 Å². The molecule has 0 spiro atoms. The first-order chi connectivity index (χ1) is 9.24. The van der Waals surface area contributed by atoms with Crippen molar-refractivity contribution in [3.63, 3.8) is 0 Å². The predicted octanol–water partition coefficient (Wildman–Crippen LogP) is 3.14. The number of anilines is 1. The second-order valence-corrected chi connectivity index (χ2v) is 5.71. The highest BCUT2D eigenvalue weighted by Crippen LogP contribution is 2.48. The third-order valence-electron chi connectivity index (χ3n) is 3.39. The number of nitrogens with two attached hydrogens (primary N) is 1. The highest BCUT2D eigenvalue weighted by molar-refractivity contribution is 8.03. The first-order valence-corrected chi connectivity index (χ1v) is 7.20. The predicted molar refractivity (Wildman–Crippen MR) is 81.5 cm³/mol. The number of nitrogens with zero attached hydrogens (tertiary/aromatic N) is 1. The maximum atomic E-state index is 5.70. The van der Waals surface area contributed by atoms with Gasteiger partial charge in [-0.3, -0.25) is 5.84 Å². The zero-order chi connectivity index (χ0) is 13.4. The Hall–Kier alpha value is -1.65. The number of benzene rings is 1. The number of hydrogen-bond acceptors (Lipinski definition) is 4. The van der Waals surface area contributed by atoms with Crippen LogP contribution in [0, 0.1) is 0 Å². The zero-order valence-corrected chi connectivity index (χ0v) is 11.8. The Morgan fingerprint density at radius 3 is 2.95 bits per heavy atom. The van der Waals surface area contributed by atoms with Crippen LogP contribution in [0.25, 0.3) is 0 Å². The lowest BCUT2D eigenvalue weighted by molar-refractivity contribution is 0.793. The third kappa shape index (κ3) is 1.97. The SMILES string of the molecule is C=C1C=C2Sc3ccccc3N(CC)C2=C(NN)C1. The van der Waals surface area contributed by atoms with Crippen molar-refractivity contribution in [2.75, 3.05) is 11.4 Å². The first kappa shape index (κ1) is 12.4. The van der Waals surface area contributed by atoms with Gasteiger partial charge in [0.25, 0.3) is 0 Å². The van der Waals surface area contributed by atoms with E-state index in [2.05, 4.69) is 54.2 Å². The number of para-hydroxylation sites is 1. The Morgan fingerprint density at radius 1 is 1.42 bits per heavy atom. The Kier molecular flexibility index (Phi) is 3.12. The van der Waals surface area contributed by atoms with Crippen molar-refractivity contribution >= 4 is 17.4 Å². The lowest BCUT2D eigenvalue weighted by atomic mass is 10.0. The summed E-state index contributed by atoms with van der Waals surface area (Å²) in [6.45, 7) is 7.15. The van der Waals surface area contributed by atoms with Crippen molar-refractivity contribution in [1.82, 2.24) is 5.43 Å². The van der Waals surface area contributed by atoms with E-state index in [9.17, 15) is 0 Å². The van der Waals surface area contributed by atoms with Crippen molar-refractivity contribution in [2.45, 2.75) is 18.2 Å². The largest absolute Gasteiger partial charge is 0.338 e. The van der Waals surface area contributed by atoms with Gasteiger partial charge in [-0.2, -0.15) is 0 Å². The maximum absolute atomic E-state index is 5.70. The lowest BCUT2D eigenvalue weighted by Gasteiger charge is -2.37. The smallest absolute Gasteiger partial charge is 0.0762 e. The number of nitrogens with one attached hydrogen (secondary N) is 1. The zero-order valence-electron chi connectivity index (χ0n) is 10.9. The molecule has 1 aliphatic carbocycles. The molecule has 0 fully saturated rings. The Balaban J connectivity index is 2.20. The summed E-state index contributed by atoms with van der Waals surface area (Å²) in [6.07, 6.45) is 2.95. The molecule has 0 bridgehead atoms. The molecule has 3 N–H and O–H groups in total. The number of hydrazine groups is 1. The molecule has 0 atom stereocenters. The second kappa shape index (κ2) is 4.79. The number of likely N-dealkylation sites (N-methyl/N-ethyl adjacent to an activating group) is 1. The summed E-state index contributed by atoms with van der Waals surface area (Å²) < 4.78 is 0. The average Bonchev–Trinajstić information content (AvgIpc) is 2.43. The van der Waals surface area contributed by atoms with Gasteiger partial charge in [-0.05, 0) is 30.7 Å². The van der Waals surface area contributed by atoms with E-state index in [4.69, 9.17) is 5.84 Å². The molecule has 4 heteroatoms. The fourth-order valence-electron chi connectivity index (χ4n) is 2.59. The van der Waals surface area contributed by atoms with Crippen LogP contribution in [-0.4, -0.2) is 6.54 Å². The molecule has 3 rings (SSSR count). The van der Waals surface area contributed by atoms with E-state index >= 15 is 0 Å². The standard InChI is InChI=1S/C15H17N3S/c1-3-18-12-6-4-5-7-13(12)19-14-9-10(2)8-11(17-16)15(14)18/h4-7,9,17H,2-3,8,16H2,1H3. The van der Waals surface area contributed by atoms with E-state index in [1.54, 1.807) is 11.8 Å². The van der Waals surface area contributed by atoms with Gasteiger partial charge in [-0.1, -0.05) is 30.5 Å². The maximum Gasteiger partial charge on any atom is 0.0762 e. The van der Waals surface area contributed by atoms with Gasteiger partial charge in [0.15, 0.2) is 0 Å². The fourth-order valence-corrected chi connectivity index (χ4v) is 3.81. The molecule has 0 saturated carbocycles. The van der Waals surface area contributed by atoms with Gasteiger partial charge in [0, 0.05) is 22.8 Å². The highest BCUT2D eigenvalue weighted by atomic mass is 32.2. The molecule has 3 nitrogen and oxygen atoms in total. The number of allylic oxidation sites excluding steroid dienone is 2. The van der Waals surface area contributed by atoms with Crippen LogP contribution in [0.15, 0.2) is 63.7 Å². The quantitative estimate of drug-likeness (QED) is 0.640. The summed E-state index contributed by atoms with van der Waals surface area (Å²) in [5.41, 5.74) is 7.44. The van der Waals surface area contributed by atoms with Gasteiger partial charge in [0.2, 0.25) is 0 Å². The van der Waals surface area contributed by atoms with Gasteiger partial charge in [-0.25, -0.2) is 0 Å². The number of thioether (sulfide) groups is 1. The van der Waals surface area contributed by atoms with E-state index in [-0.39, 0.29) is 0 Å². The van der Waals surface area contributed by atoms with Crippen LogP contribution in [0.4, 0.5) is 5.69 Å². The van der Waals surface area contributed by atoms with Crippen LogP contribution < -0.4 is 16.2 Å². The van der Waals surface area contributed by atoms with Crippen molar-refractivity contribution in [1.29, 1.82) is 0 Å². The summed E-state index contributed by atoms with van der Waals surface area (Å²) in [5, 5.41) is 0. The summed E-state index contributed by atoms with van der Waals surface area (Å²) in [5.74, 6) is 5.70. The number of fused-ring (bicyclic) bond motifs is 2. The first-order valence-electron chi connectivity index (χ1n) is 6.38. The van der Waals surface area contributed by atoms with Crippen LogP contribution in [0.5, 0.6) is 0 Å². The minimum atomic E-state index is 0.786. The molecule has 98 valence electrons. The normalized spacial score (nSPS) is 17.9. The second-order valence-electron chi connectivity index (χ2n) is 4.63. The number of hydrogen-bond donors (Lipinski definition) is 2. The number of rotatable bonds is 2. The molecule has 0 amide bonds. The van der Waals surface area contributed by atoms with Crippen LogP contribution in [0.3, 0.4) is 0 Å². The van der Waals surface area contributed by atoms with E-state index < -0.39 is 0 Å². The molecule has 0 aromatic heterocycles. The van der Waals surface area contributed by atoms with E-state index in [1.807, 2.05) is 0 Å². The molecule has 1 aromatic rings. The summed E-state index contributed by atoms with van der Waals surface area (Å²) >= 11 is 1.79. The molecule has 19 heavy (non-hydrogen) atoms. The fraction of sp³-hybridized carbons (Fsp3) is 0.200. The van der Waals surface area contributed by atoms with Crippen LogP contribution in [0.1, 0.15) is 13.3 Å². The van der Waals surface area contributed by atoms with E-state index in [0.29, 0.717) is 0 Å². The summed E-state index contributed by atoms with van der Waals surface area (Å²) in [6, 6.07) is 8.48. The monoisotopic (exact) mass is 271 g/mol. The van der Waals surface area contributed by atoms with Crippen molar-refractivity contribution < 1.29 is 0 Å². The van der Waals surface area contributed by atoms with E-state index in [1.165, 1.54) is 21.2 Å². The summed E-state index contributed by atoms with van der Waals surface area (Å²) in [7, 11) is 0. The third-order valence-corrected chi connectivity index (χ3v) is 4.49. The minimum absolute atomic E-state index is 0.786. The molecule has 1 aliphatic heterocycles. The Morgan fingerprint density at radius 2 is 2.21 bits per heavy atom. The molecule has 1 heterocycles. The van der Waals surface area contributed by atoms with Gasteiger partial charge in [0.1, 0.15) is 0 Å². The minimum Gasteiger partial charge on any atom is -0.338 e. The molecule has 2 aliphatic rings. The molecule has 0 saturated heterocycles. The molecule has 0 unspecified atom stereocenters. The van der Waals surface area contributed by atoms with Crippen molar-refractivity contribution in [3.05, 3.63) is 58.8 Å². The Bertz CT molecular complexity index is 601.